The summed E-state index contributed by atoms with van der Waals surface area (Å²) in [5.74, 6) is 0.584. The van der Waals surface area contributed by atoms with Crippen molar-refractivity contribution in [2.75, 3.05) is 14.2 Å². The molecule has 25 heavy (non-hydrogen) atoms. The van der Waals surface area contributed by atoms with Crippen LogP contribution in [0.15, 0.2) is 48.5 Å². The van der Waals surface area contributed by atoms with Gasteiger partial charge < -0.3 is 19.9 Å². The fraction of sp³-hybridized carbons (Fsp3) is 0.350. The van der Waals surface area contributed by atoms with Gasteiger partial charge in [0.05, 0.1) is 20.6 Å². The number of methoxy groups -OCH3 is 2. The Kier molecular flexibility index (Phi) is 7.29. The fourth-order valence-corrected chi connectivity index (χ4v) is 2.72. The molecule has 0 unspecified atom stereocenters. The molecule has 2 aromatic rings. The number of nitrogens with one attached hydrogen (secondary N) is 1. The molecule has 2 rings (SSSR count). The Balaban J connectivity index is 1.96. The van der Waals surface area contributed by atoms with Crippen LogP contribution in [0.3, 0.4) is 0 Å². The molecule has 0 saturated heterocycles. The lowest BCUT2D eigenvalue weighted by atomic mass is 10.0. The molecule has 5 heteroatoms. The van der Waals surface area contributed by atoms with Gasteiger partial charge in [-0.05, 0) is 36.1 Å². The summed E-state index contributed by atoms with van der Waals surface area (Å²) in [6.45, 7) is 0.657. The summed E-state index contributed by atoms with van der Waals surface area (Å²) in [6, 6.07) is 15.7. The first kappa shape index (κ1) is 18.8. The van der Waals surface area contributed by atoms with E-state index in [4.69, 9.17) is 14.6 Å². The summed E-state index contributed by atoms with van der Waals surface area (Å²) in [5.41, 5.74) is 2.23. The van der Waals surface area contributed by atoms with Crippen molar-refractivity contribution in [3.8, 4) is 11.5 Å². The molecule has 2 N–H and O–H groups in total. The average molecular weight is 343 g/mol. The van der Waals surface area contributed by atoms with Crippen LogP contribution < -0.4 is 14.8 Å². The highest BCUT2D eigenvalue weighted by molar-refractivity contribution is 5.67. The van der Waals surface area contributed by atoms with Crippen LogP contribution in [0.4, 0.5) is 0 Å². The number of aryl methyl sites for hydroxylation is 1. The van der Waals surface area contributed by atoms with Crippen molar-refractivity contribution in [2.24, 2.45) is 0 Å². The number of carboxylic acid groups (broad SMARTS) is 1. The Morgan fingerprint density at radius 1 is 1.04 bits per heavy atom. The molecular weight excluding hydrogens is 318 g/mol. The summed E-state index contributed by atoms with van der Waals surface area (Å²) in [6.07, 6.45) is 1.59. The first-order valence-electron chi connectivity index (χ1n) is 8.32. The van der Waals surface area contributed by atoms with Gasteiger partial charge in [0.25, 0.3) is 0 Å². The molecule has 0 aromatic heterocycles. The minimum Gasteiger partial charge on any atom is -0.493 e. The molecule has 0 heterocycles. The summed E-state index contributed by atoms with van der Waals surface area (Å²) < 4.78 is 10.6. The predicted octanol–water partition coefficient (Wildman–Crippen LogP) is 3.27. The van der Waals surface area contributed by atoms with Gasteiger partial charge in [-0.3, -0.25) is 4.79 Å². The molecule has 2 aromatic carbocycles. The third kappa shape index (κ3) is 6.12. The molecule has 0 fully saturated rings. The van der Waals surface area contributed by atoms with Crippen molar-refractivity contribution in [1.82, 2.24) is 5.32 Å². The first-order chi connectivity index (χ1) is 12.1. The second-order valence-electron chi connectivity index (χ2n) is 5.89. The lowest BCUT2D eigenvalue weighted by molar-refractivity contribution is -0.137. The van der Waals surface area contributed by atoms with Gasteiger partial charge in [-0.25, -0.2) is 0 Å². The first-order valence-corrected chi connectivity index (χ1v) is 8.32. The van der Waals surface area contributed by atoms with E-state index in [1.165, 1.54) is 0 Å². The molecule has 5 nitrogen and oxygen atoms in total. The van der Waals surface area contributed by atoms with E-state index in [2.05, 4.69) is 5.32 Å². The Labute approximate surface area is 148 Å². The highest BCUT2D eigenvalue weighted by Gasteiger charge is 2.14. The van der Waals surface area contributed by atoms with Crippen LogP contribution in [-0.2, 0) is 17.8 Å². The number of hydrogen-bond acceptors (Lipinski definition) is 4. The quantitative estimate of drug-likeness (QED) is 0.693. The van der Waals surface area contributed by atoms with E-state index in [1.807, 2.05) is 48.5 Å². The molecule has 0 aliphatic rings. The Morgan fingerprint density at radius 3 is 2.40 bits per heavy atom. The molecule has 1 atom stereocenters. The Bertz CT molecular complexity index is 673. The topological polar surface area (TPSA) is 67.8 Å². The van der Waals surface area contributed by atoms with Gasteiger partial charge in [-0.1, -0.05) is 36.4 Å². The minimum atomic E-state index is -0.794. The highest BCUT2D eigenvalue weighted by Crippen LogP contribution is 2.28. The number of hydrogen-bond donors (Lipinski definition) is 2. The maximum Gasteiger partial charge on any atom is 0.304 e. The maximum absolute atomic E-state index is 11.1. The molecule has 0 spiro atoms. The normalized spacial score (nSPS) is 11.8. The lowest BCUT2D eigenvalue weighted by Gasteiger charge is -2.17. The van der Waals surface area contributed by atoms with Gasteiger partial charge in [-0.15, -0.1) is 0 Å². The van der Waals surface area contributed by atoms with Crippen molar-refractivity contribution < 1.29 is 19.4 Å². The number of benzene rings is 2. The van der Waals surface area contributed by atoms with Gasteiger partial charge >= 0.3 is 5.97 Å². The zero-order chi connectivity index (χ0) is 18.1. The smallest absolute Gasteiger partial charge is 0.304 e. The van der Waals surface area contributed by atoms with E-state index >= 15 is 0 Å². The summed E-state index contributed by atoms with van der Waals surface area (Å²) >= 11 is 0. The second-order valence-corrected chi connectivity index (χ2v) is 5.89. The molecule has 0 amide bonds. The van der Waals surface area contributed by atoms with Crippen LogP contribution in [-0.4, -0.2) is 31.3 Å². The molecule has 0 bridgehead atoms. The third-order valence-electron chi connectivity index (χ3n) is 4.09. The molecule has 0 aliphatic carbocycles. The monoisotopic (exact) mass is 343 g/mol. The highest BCUT2D eigenvalue weighted by atomic mass is 16.5. The van der Waals surface area contributed by atoms with Crippen LogP contribution in [0.2, 0.25) is 0 Å². The zero-order valence-electron chi connectivity index (χ0n) is 14.7. The Morgan fingerprint density at radius 2 is 1.76 bits per heavy atom. The largest absolute Gasteiger partial charge is 0.493 e. The number of carboxylic acids is 1. The summed E-state index contributed by atoms with van der Waals surface area (Å²) in [7, 11) is 3.21. The minimum absolute atomic E-state index is 0.0918. The standard InChI is InChI=1S/C20H25NO4/c1-24-18-11-9-15(12-19(18)25-2)8-10-17(13-20(22)23)21-14-16-6-4-3-5-7-16/h3-7,9,11-12,17,21H,8,10,13-14H2,1-2H3,(H,22,23)/t17-/m0/s1. The van der Waals surface area contributed by atoms with Crippen LogP contribution in [0, 0.1) is 0 Å². The van der Waals surface area contributed by atoms with E-state index in [0.717, 1.165) is 24.0 Å². The summed E-state index contributed by atoms with van der Waals surface area (Å²) in [5, 5.41) is 12.5. The zero-order valence-corrected chi connectivity index (χ0v) is 14.7. The number of carbonyl (C=O) groups is 1. The molecule has 0 saturated carbocycles. The SMILES string of the molecule is COc1ccc(CC[C@@H](CC(=O)O)NCc2ccccc2)cc1OC. The number of rotatable bonds is 10. The number of ether oxygens (including phenoxy) is 2. The van der Waals surface area contributed by atoms with E-state index < -0.39 is 5.97 Å². The molecular formula is C20H25NO4. The van der Waals surface area contributed by atoms with Gasteiger partial charge in [-0.2, -0.15) is 0 Å². The van der Waals surface area contributed by atoms with Crippen LogP contribution in [0.25, 0.3) is 0 Å². The summed E-state index contributed by atoms with van der Waals surface area (Å²) in [4.78, 5) is 11.1. The fourth-order valence-electron chi connectivity index (χ4n) is 2.72. The van der Waals surface area contributed by atoms with Crippen LogP contribution >= 0.6 is 0 Å². The van der Waals surface area contributed by atoms with Gasteiger partial charge in [0.2, 0.25) is 0 Å². The lowest BCUT2D eigenvalue weighted by Crippen LogP contribution is -2.31. The van der Waals surface area contributed by atoms with Crippen LogP contribution in [0.5, 0.6) is 11.5 Å². The average Bonchev–Trinajstić information content (AvgIpc) is 2.64. The molecule has 0 radical (unpaired) electrons. The van der Waals surface area contributed by atoms with Gasteiger partial charge in [0.15, 0.2) is 11.5 Å². The third-order valence-corrected chi connectivity index (χ3v) is 4.09. The molecule has 134 valence electrons. The van der Waals surface area contributed by atoms with E-state index in [-0.39, 0.29) is 12.5 Å². The van der Waals surface area contributed by atoms with E-state index in [1.54, 1.807) is 14.2 Å². The number of aliphatic carboxylic acids is 1. The second kappa shape index (κ2) is 9.69. The van der Waals surface area contributed by atoms with Crippen LogP contribution in [0.1, 0.15) is 24.0 Å². The van der Waals surface area contributed by atoms with Gasteiger partial charge in [0.1, 0.15) is 0 Å². The van der Waals surface area contributed by atoms with Crippen molar-refractivity contribution in [3.05, 3.63) is 59.7 Å². The van der Waals surface area contributed by atoms with Crippen molar-refractivity contribution in [3.63, 3.8) is 0 Å². The molecule has 0 aliphatic heterocycles. The van der Waals surface area contributed by atoms with Gasteiger partial charge in [0, 0.05) is 12.6 Å². The van der Waals surface area contributed by atoms with E-state index in [9.17, 15) is 4.79 Å². The van der Waals surface area contributed by atoms with E-state index in [0.29, 0.717) is 18.0 Å². The van der Waals surface area contributed by atoms with Crippen molar-refractivity contribution >= 4 is 5.97 Å². The predicted molar refractivity (Wildman–Crippen MR) is 97.2 cm³/mol. The Hall–Kier alpha value is -2.53. The maximum atomic E-state index is 11.1. The van der Waals surface area contributed by atoms with Crippen molar-refractivity contribution in [1.29, 1.82) is 0 Å². The van der Waals surface area contributed by atoms with Crippen molar-refractivity contribution in [2.45, 2.75) is 31.8 Å².